The second-order valence-corrected chi connectivity index (χ2v) is 7.72. The van der Waals surface area contributed by atoms with Crippen LogP contribution in [0, 0.1) is 10.1 Å². The molecule has 0 bridgehead atoms. The predicted octanol–water partition coefficient (Wildman–Crippen LogP) is 3.05. The van der Waals surface area contributed by atoms with E-state index in [0.29, 0.717) is 47.2 Å². The second-order valence-electron chi connectivity index (χ2n) is 6.77. The van der Waals surface area contributed by atoms with Crippen LogP contribution in [0.1, 0.15) is 12.5 Å². The van der Waals surface area contributed by atoms with Gasteiger partial charge in [-0.25, -0.2) is 10.5 Å². The third kappa shape index (κ3) is 5.77. The number of aromatic nitrogens is 3. The smallest absolute Gasteiger partial charge is 0.269 e. The number of non-ortho nitro benzene ring substituents is 1. The van der Waals surface area contributed by atoms with Crippen molar-refractivity contribution < 1.29 is 19.2 Å². The van der Waals surface area contributed by atoms with Crippen molar-refractivity contribution in [3.05, 3.63) is 58.1 Å². The van der Waals surface area contributed by atoms with E-state index < -0.39 is 4.92 Å². The molecule has 2 heterocycles. The van der Waals surface area contributed by atoms with Gasteiger partial charge in [0.2, 0.25) is 17.0 Å². The van der Waals surface area contributed by atoms with Gasteiger partial charge in [-0.2, -0.15) is 10.1 Å². The Kier molecular flexibility index (Phi) is 6.69. The molecular weight excluding hydrogens is 450 g/mol. The van der Waals surface area contributed by atoms with Crippen LogP contribution in [-0.2, 0) is 4.79 Å². The van der Waals surface area contributed by atoms with Gasteiger partial charge in [-0.1, -0.05) is 11.8 Å². The van der Waals surface area contributed by atoms with E-state index in [-0.39, 0.29) is 17.3 Å². The van der Waals surface area contributed by atoms with E-state index >= 15 is 0 Å². The third-order valence-electron chi connectivity index (χ3n) is 4.45. The fraction of sp³-hybridized carbons (Fsp3) is 0.200. The minimum Gasteiger partial charge on any atom is -0.486 e. The topological polar surface area (TPSA) is 157 Å². The molecule has 3 N–H and O–H groups in total. The average molecular weight is 469 g/mol. The molecule has 2 aromatic carbocycles. The van der Waals surface area contributed by atoms with E-state index in [9.17, 15) is 14.9 Å². The Morgan fingerprint density at radius 2 is 1.97 bits per heavy atom. The fourth-order valence-electron chi connectivity index (χ4n) is 2.83. The number of nitrogens with zero attached hydrogens (tertiary/aromatic N) is 4. The average Bonchev–Trinajstić information content (AvgIpc) is 3.29. The van der Waals surface area contributed by atoms with E-state index in [2.05, 4.69) is 31.0 Å². The Morgan fingerprint density at radius 1 is 1.21 bits per heavy atom. The summed E-state index contributed by atoms with van der Waals surface area (Å²) in [6, 6.07) is 11.3. The summed E-state index contributed by atoms with van der Waals surface area (Å²) in [7, 11) is 0. The summed E-state index contributed by atoms with van der Waals surface area (Å²) >= 11 is 1.16. The number of H-pyrrole nitrogens is 1. The first-order valence-electron chi connectivity index (χ1n) is 9.78. The molecule has 13 heteroatoms. The molecule has 0 unspecified atom stereocenters. The number of anilines is 2. The Balaban J connectivity index is 1.27. The van der Waals surface area contributed by atoms with Gasteiger partial charge in [0.1, 0.15) is 13.2 Å². The lowest BCUT2D eigenvalue weighted by molar-refractivity contribution is -0.384. The molecule has 0 saturated carbocycles. The highest BCUT2D eigenvalue weighted by Gasteiger charge is 2.14. The zero-order valence-electron chi connectivity index (χ0n) is 17.4. The van der Waals surface area contributed by atoms with Crippen LogP contribution < -0.4 is 20.2 Å². The van der Waals surface area contributed by atoms with Crippen molar-refractivity contribution in [2.75, 3.05) is 29.7 Å². The van der Waals surface area contributed by atoms with Gasteiger partial charge in [0.05, 0.1) is 16.4 Å². The third-order valence-corrected chi connectivity index (χ3v) is 5.30. The summed E-state index contributed by atoms with van der Waals surface area (Å²) in [6.45, 7) is 2.73. The van der Waals surface area contributed by atoms with Crippen molar-refractivity contribution >= 4 is 40.7 Å². The zero-order valence-corrected chi connectivity index (χ0v) is 18.2. The Morgan fingerprint density at radius 3 is 2.73 bits per heavy atom. The number of hydrogen-bond acceptors (Lipinski definition) is 10. The van der Waals surface area contributed by atoms with Gasteiger partial charge < -0.3 is 14.8 Å². The first kappa shape index (κ1) is 22.1. The van der Waals surface area contributed by atoms with E-state index in [4.69, 9.17) is 9.47 Å². The summed E-state index contributed by atoms with van der Waals surface area (Å²) in [6.07, 6.45) is 0. The molecule has 0 atom stereocenters. The van der Waals surface area contributed by atoms with Crippen molar-refractivity contribution in [3.8, 4) is 11.5 Å². The molecule has 0 radical (unpaired) electrons. The second kappa shape index (κ2) is 9.99. The van der Waals surface area contributed by atoms with Crippen molar-refractivity contribution in [1.29, 1.82) is 0 Å². The molecule has 0 aliphatic carbocycles. The largest absolute Gasteiger partial charge is 0.486 e. The number of rotatable bonds is 8. The van der Waals surface area contributed by atoms with Crippen molar-refractivity contribution in [3.63, 3.8) is 0 Å². The number of nitro groups is 1. The predicted molar refractivity (Wildman–Crippen MR) is 122 cm³/mol. The number of benzene rings is 2. The number of amides is 1. The van der Waals surface area contributed by atoms with Crippen LogP contribution in [0.15, 0.2) is 52.7 Å². The van der Waals surface area contributed by atoms with Gasteiger partial charge >= 0.3 is 0 Å². The maximum Gasteiger partial charge on any atom is 0.269 e. The van der Waals surface area contributed by atoms with Crippen molar-refractivity contribution in [1.82, 2.24) is 15.2 Å². The highest BCUT2D eigenvalue weighted by molar-refractivity contribution is 7.99. The lowest BCUT2D eigenvalue weighted by atomic mass is 10.1. The number of hydrogen-bond donors (Lipinski definition) is 3. The SMILES string of the molecule is C/C(=N\Nc1nc(SCC(=O)Nc2ccc3c(c2)OCCO3)n[nH]1)c1ccc([N+](=O)[O-])cc1. The molecule has 3 aromatic rings. The highest BCUT2D eigenvalue weighted by atomic mass is 32.2. The molecule has 0 saturated heterocycles. The van der Waals surface area contributed by atoms with Crippen LogP contribution in [0.25, 0.3) is 0 Å². The van der Waals surface area contributed by atoms with Crippen LogP contribution in [0.5, 0.6) is 11.5 Å². The zero-order chi connectivity index (χ0) is 23.2. The van der Waals surface area contributed by atoms with Gasteiger partial charge in [-0.3, -0.25) is 14.9 Å². The molecule has 1 aromatic heterocycles. The number of hydrazone groups is 1. The molecule has 4 rings (SSSR count). The summed E-state index contributed by atoms with van der Waals surface area (Å²) in [4.78, 5) is 26.8. The van der Waals surface area contributed by atoms with Crippen LogP contribution in [0.4, 0.5) is 17.3 Å². The Hall–Kier alpha value is -4.13. The first-order valence-corrected chi connectivity index (χ1v) is 10.8. The van der Waals surface area contributed by atoms with E-state index in [0.717, 1.165) is 17.3 Å². The van der Waals surface area contributed by atoms with Crippen molar-refractivity contribution in [2.24, 2.45) is 5.10 Å². The number of aromatic amines is 1. The first-order chi connectivity index (χ1) is 16.0. The summed E-state index contributed by atoms with van der Waals surface area (Å²) in [5, 5.41) is 24.8. The lowest BCUT2D eigenvalue weighted by Gasteiger charge is -2.18. The summed E-state index contributed by atoms with van der Waals surface area (Å²) < 4.78 is 11.0. The number of carbonyl (C=O) groups excluding carboxylic acids is 1. The summed E-state index contributed by atoms with van der Waals surface area (Å²) in [5.41, 5.74) is 4.69. The minimum absolute atomic E-state index is 0.00872. The molecule has 33 heavy (non-hydrogen) atoms. The molecule has 170 valence electrons. The van der Waals surface area contributed by atoms with Gasteiger partial charge in [-0.15, -0.1) is 5.10 Å². The number of carbonyl (C=O) groups is 1. The number of nitro benzene ring substituents is 1. The number of fused-ring (bicyclic) bond motifs is 1. The molecule has 0 fully saturated rings. The van der Waals surface area contributed by atoms with E-state index in [1.807, 2.05) is 0 Å². The van der Waals surface area contributed by atoms with E-state index in [1.165, 1.54) is 12.1 Å². The quantitative estimate of drug-likeness (QED) is 0.195. The van der Waals surface area contributed by atoms with Gasteiger partial charge in [0.25, 0.3) is 5.69 Å². The monoisotopic (exact) mass is 469 g/mol. The normalized spacial score (nSPS) is 12.8. The van der Waals surface area contributed by atoms with Crippen LogP contribution in [-0.4, -0.2) is 50.7 Å². The lowest BCUT2D eigenvalue weighted by Crippen LogP contribution is -2.17. The Labute approximate surface area is 191 Å². The van der Waals surface area contributed by atoms with Crippen LogP contribution in [0.3, 0.4) is 0 Å². The number of ether oxygens (including phenoxy) is 2. The van der Waals surface area contributed by atoms with Gasteiger partial charge in [0.15, 0.2) is 11.5 Å². The van der Waals surface area contributed by atoms with Crippen LogP contribution >= 0.6 is 11.8 Å². The van der Waals surface area contributed by atoms with E-state index in [1.54, 1.807) is 37.3 Å². The molecule has 1 amide bonds. The molecule has 1 aliphatic rings. The van der Waals surface area contributed by atoms with Crippen LogP contribution in [0.2, 0.25) is 0 Å². The number of thioether (sulfide) groups is 1. The summed E-state index contributed by atoms with van der Waals surface area (Å²) in [5.74, 6) is 1.44. The molecular formula is C20H19N7O5S. The minimum atomic E-state index is -0.460. The molecule has 12 nitrogen and oxygen atoms in total. The standard InChI is InChI=1S/C20H19N7O5S/c1-12(13-2-5-15(6-3-13)27(29)30)23-24-19-22-20(26-25-19)33-11-18(28)21-14-4-7-16-17(10-14)32-9-8-31-16/h2-7,10H,8-9,11H2,1H3,(H,21,28)(H2,22,24,25,26)/b23-12+. The maximum absolute atomic E-state index is 12.2. The van der Waals surface area contributed by atoms with Gasteiger partial charge in [0, 0.05) is 23.9 Å². The highest BCUT2D eigenvalue weighted by Crippen LogP contribution is 2.32. The maximum atomic E-state index is 12.2. The molecule has 0 spiro atoms. The Bertz CT molecular complexity index is 1200. The fourth-order valence-corrected chi connectivity index (χ4v) is 3.43. The number of nitrogens with one attached hydrogen (secondary N) is 3. The van der Waals surface area contributed by atoms with Crippen molar-refractivity contribution in [2.45, 2.75) is 12.1 Å². The van der Waals surface area contributed by atoms with Gasteiger partial charge in [-0.05, 0) is 36.8 Å². The molecule has 1 aliphatic heterocycles.